The van der Waals surface area contributed by atoms with Crippen molar-refractivity contribution in [2.75, 3.05) is 6.54 Å². The molecule has 0 aromatic carbocycles. The van der Waals surface area contributed by atoms with Crippen LogP contribution in [0.5, 0.6) is 0 Å². The Balaban J connectivity index is 2.29. The summed E-state index contributed by atoms with van der Waals surface area (Å²) in [6, 6.07) is 4.25. The van der Waals surface area contributed by atoms with Crippen LogP contribution in [-0.2, 0) is 6.54 Å². The van der Waals surface area contributed by atoms with Crippen LogP contribution in [0.2, 0.25) is 0 Å². The van der Waals surface area contributed by atoms with Crippen LogP contribution in [0.25, 0.3) is 0 Å². The summed E-state index contributed by atoms with van der Waals surface area (Å²) in [5.74, 6) is 0. The lowest BCUT2D eigenvalue weighted by Crippen LogP contribution is -2.13. The number of thiophene rings is 1. The minimum Gasteiger partial charge on any atom is -0.307 e. The van der Waals surface area contributed by atoms with Gasteiger partial charge in [0.1, 0.15) is 0 Å². The highest BCUT2D eigenvalue weighted by Gasteiger charge is 1.95. The molecule has 1 aromatic heterocycles. The standard InChI is InChI=1S/C9H12ClNS/c1-7(10)5-11-6-9-4-3-8(2)12-9/h3-4,11H,1,5-6H2,2H3. The molecule has 0 aliphatic heterocycles. The summed E-state index contributed by atoms with van der Waals surface area (Å²) in [7, 11) is 0. The summed E-state index contributed by atoms with van der Waals surface area (Å²) in [6.07, 6.45) is 0. The van der Waals surface area contributed by atoms with Crippen LogP contribution in [0.4, 0.5) is 0 Å². The maximum atomic E-state index is 5.60. The van der Waals surface area contributed by atoms with Gasteiger partial charge in [-0.1, -0.05) is 18.2 Å². The molecule has 0 saturated carbocycles. The monoisotopic (exact) mass is 201 g/mol. The van der Waals surface area contributed by atoms with Crippen LogP contribution in [0.3, 0.4) is 0 Å². The maximum Gasteiger partial charge on any atom is 0.0310 e. The molecule has 0 bridgehead atoms. The van der Waals surface area contributed by atoms with Crippen LogP contribution in [0, 0.1) is 6.92 Å². The summed E-state index contributed by atoms with van der Waals surface area (Å²) in [5.41, 5.74) is 0. The van der Waals surface area contributed by atoms with Gasteiger partial charge in [0.15, 0.2) is 0 Å². The second kappa shape index (κ2) is 4.65. The van der Waals surface area contributed by atoms with Crippen molar-refractivity contribution in [3.8, 4) is 0 Å². The zero-order valence-electron chi connectivity index (χ0n) is 7.06. The van der Waals surface area contributed by atoms with Gasteiger partial charge in [0.2, 0.25) is 0 Å². The zero-order chi connectivity index (χ0) is 8.97. The predicted octanol–water partition coefficient (Wildman–Crippen LogP) is 2.90. The lowest BCUT2D eigenvalue weighted by molar-refractivity contribution is 0.765. The van der Waals surface area contributed by atoms with Crippen LogP contribution in [0.1, 0.15) is 9.75 Å². The van der Waals surface area contributed by atoms with E-state index in [1.165, 1.54) is 9.75 Å². The number of aryl methyl sites for hydroxylation is 1. The molecule has 3 heteroatoms. The summed E-state index contributed by atoms with van der Waals surface area (Å²) >= 11 is 7.40. The predicted molar refractivity (Wildman–Crippen MR) is 55.8 cm³/mol. The molecule has 1 heterocycles. The van der Waals surface area contributed by atoms with Crippen LogP contribution in [-0.4, -0.2) is 6.54 Å². The van der Waals surface area contributed by atoms with E-state index < -0.39 is 0 Å². The third kappa shape index (κ3) is 3.39. The van der Waals surface area contributed by atoms with E-state index >= 15 is 0 Å². The van der Waals surface area contributed by atoms with E-state index in [0.29, 0.717) is 11.6 Å². The minimum atomic E-state index is 0.656. The lowest BCUT2D eigenvalue weighted by Gasteiger charge is -1.99. The molecule has 1 aromatic rings. The van der Waals surface area contributed by atoms with Crippen molar-refractivity contribution in [2.24, 2.45) is 0 Å². The molecule has 0 aliphatic carbocycles. The Morgan fingerprint density at radius 1 is 1.67 bits per heavy atom. The van der Waals surface area contributed by atoms with Crippen molar-refractivity contribution in [2.45, 2.75) is 13.5 Å². The Bertz CT molecular complexity index is 267. The number of halogens is 1. The van der Waals surface area contributed by atoms with E-state index in [0.717, 1.165) is 6.54 Å². The van der Waals surface area contributed by atoms with Crippen molar-refractivity contribution >= 4 is 22.9 Å². The molecular weight excluding hydrogens is 190 g/mol. The van der Waals surface area contributed by atoms with Gasteiger partial charge < -0.3 is 5.32 Å². The Hall–Kier alpha value is -0.310. The summed E-state index contributed by atoms with van der Waals surface area (Å²) < 4.78 is 0. The number of hydrogen-bond acceptors (Lipinski definition) is 2. The first-order chi connectivity index (χ1) is 5.68. The van der Waals surface area contributed by atoms with Gasteiger partial charge in [0.05, 0.1) is 0 Å². The molecule has 0 unspecified atom stereocenters. The Labute approximate surface area is 82.1 Å². The highest BCUT2D eigenvalue weighted by molar-refractivity contribution is 7.11. The van der Waals surface area contributed by atoms with Crippen LogP contribution >= 0.6 is 22.9 Å². The SMILES string of the molecule is C=C(Cl)CNCc1ccc(C)s1. The van der Waals surface area contributed by atoms with Gasteiger partial charge in [-0.2, -0.15) is 0 Å². The summed E-state index contributed by atoms with van der Waals surface area (Å²) in [6.45, 7) is 7.26. The summed E-state index contributed by atoms with van der Waals surface area (Å²) in [4.78, 5) is 2.68. The number of nitrogens with one attached hydrogen (secondary N) is 1. The molecular formula is C9H12ClNS. The first-order valence-electron chi connectivity index (χ1n) is 3.78. The van der Waals surface area contributed by atoms with Crippen LogP contribution in [0.15, 0.2) is 23.7 Å². The third-order valence-corrected chi connectivity index (χ3v) is 2.55. The Morgan fingerprint density at radius 3 is 2.92 bits per heavy atom. The van der Waals surface area contributed by atoms with Gasteiger partial charge in [-0.15, -0.1) is 11.3 Å². The molecule has 66 valence electrons. The topological polar surface area (TPSA) is 12.0 Å². The van der Waals surface area contributed by atoms with Crippen LogP contribution < -0.4 is 5.32 Å². The Kier molecular flexibility index (Phi) is 3.79. The van der Waals surface area contributed by atoms with E-state index in [-0.39, 0.29) is 0 Å². The van der Waals surface area contributed by atoms with Crippen molar-refractivity contribution in [3.05, 3.63) is 33.5 Å². The zero-order valence-corrected chi connectivity index (χ0v) is 8.63. The van der Waals surface area contributed by atoms with Gasteiger partial charge in [-0.05, 0) is 19.1 Å². The average molecular weight is 202 g/mol. The lowest BCUT2D eigenvalue weighted by atomic mass is 10.4. The van der Waals surface area contributed by atoms with E-state index in [2.05, 4.69) is 31.0 Å². The van der Waals surface area contributed by atoms with E-state index in [4.69, 9.17) is 11.6 Å². The quantitative estimate of drug-likeness (QED) is 0.790. The van der Waals surface area contributed by atoms with Crippen molar-refractivity contribution in [1.29, 1.82) is 0 Å². The van der Waals surface area contributed by atoms with E-state index in [9.17, 15) is 0 Å². The maximum absolute atomic E-state index is 5.60. The fraction of sp³-hybridized carbons (Fsp3) is 0.333. The first kappa shape index (κ1) is 9.78. The minimum absolute atomic E-state index is 0.656. The molecule has 0 aliphatic rings. The molecule has 0 fully saturated rings. The number of rotatable bonds is 4. The smallest absolute Gasteiger partial charge is 0.0310 e. The molecule has 12 heavy (non-hydrogen) atoms. The fourth-order valence-corrected chi connectivity index (χ4v) is 1.86. The highest BCUT2D eigenvalue weighted by Crippen LogP contribution is 2.14. The largest absolute Gasteiger partial charge is 0.307 e. The fourth-order valence-electron chi connectivity index (χ4n) is 0.901. The van der Waals surface area contributed by atoms with Gasteiger partial charge in [-0.25, -0.2) is 0 Å². The second-order valence-electron chi connectivity index (χ2n) is 2.63. The molecule has 1 rings (SSSR count). The average Bonchev–Trinajstić information content (AvgIpc) is 2.35. The van der Waals surface area contributed by atoms with E-state index in [1.807, 2.05) is 0 Å². The molecule has 1 N–H and O–H groups in total. The van der Waals surface area contributed by atoms with Gasteiger partial charge in [-0.3, -0.25) is 0 Å². The molecule has 0 amide bonds. The summed E-state index contributed by atoms with van der Waals surface area (Å²) in [5, 5.41) is 3.85. The second-order valence-corrected chi connectivity index (χ2v) is 4.54. The third-order valence-electron chi connectivity index (χ3n) is 1.41. The van der Waals surface area contributed by atoms with Gasteiger partial charge in [0, 0.05) is 27.9 Å². The molecule has 0 spiro atoms. The molecule has 0 atom stereocenters. The van der Waals surface area contributed by atoms with Crippen molar-refractivity contribution < 1.29 is 0 Å². The van der Waals surface area contributed by atoms with Crippen molar-refractivity contribution in [3.63, 3.8) is 0 Å². The molecule has 1 nitrogen and oxygen atoms in total. The Morgan fingerprint density at radius 2 is 2.42 bits per heavy atom. The van der Waals surface area contributed by atoms with Gasteiger partial charge >= 0.3 is 0 Å². The normalized spacial score (nSPS) is 10.2. The highest BCUT2D eigenvalue weighted by atomic mass is 35.5. The number of hydrogen-bond donors (Lipinski definition) is 1. The van der Waals surface area contributed by atoms with Gasteiger partial charge in [0.25, 0.3) is 0 Å². The first-order valence-corrected chi connectivity index (χ1v) is 4.97. The van der Waals surface area contributed by atoms with E-state index in [1.54, 1.807) is 11.3 Å². The molecule has 0 saturated heterocycles. The van der Waals surface area contributed by atoms with Crippen molar-refractivity contribution in [1.82, 2.24) is 5.32 Å². The molecule has 0 radical (unpaired) electrons.